The zero-order valence-electron chi connectivity index (χ0n) is 11.4. The Hall–Kier alpha value is -0.810. The van der Waals surface area contributed by atoms with Crippen LogP contribution < -0.4 is 5.73 Å². The Kier molecular flexibility index (Phi) is 7.15. The number of nitrogens with two attached hydrogens (primary N) is 1. The number of ether oxygens (including phenoxy) is 1. The first-order valence-corrected chi connectivity index (χ1v) is 6.07. The lowest BCUT2D eigenvalue weighted by molar-refractivity contribution is 0.0256. The molecule has 0 aromatic heterocycles. The average Bonchev–Trinajstić information content (AvgIpc) is 2.43. The van der Waals surface area contributed by atoms with Gasteiger partial charge in [0, 0.05) is 26.2 Å². The molecule has 1 amide bonds. The Labute approximate surface area is 104 Å². The SMILES string of the molecule is CC(C)(C)OC(=O)N1CCCC(N)CC1.CO. The summed E-state index contributed by atoms with van der Waals surface area (Å²) in [6, 6.07) is 0.234. The number of aliphatic hydroxyl groups is 1. The Morgan fingerprint density at radius 2 is 1.88 bits per heavy atom. The minimum Gasteiger partial charge on any atom is -0.444 e. The molecule has 0 saturated carbocycles. The summed E-state index contributed by atoms with van der Waals surface area (Å²) in [5.41, 5.74) is 5.43. The predicted molar refractivity (Wildman–Crippen MR) is 67.8 cm³/mol. The topological polar surface area (TPSA) is 75.8 Å². The summed E-state index contributed by atoms with van der Waals surface area (Å²) >= 11 is 0. The fourth-order valence-electron chi connectivity index (χ4n) is 1.63. The second-order valence-corrected chi connectivity index (χ2v) is 5.16. The van der Waals surface area contributed by atoms with Crippen LogP contribution in [0.4, 0.5) is 4.79 Å². The van der Waals surface area contributed by atoms with E-state index in [0.717, 1.165) is 39.5 Å². The van der Waals surface area contributed by atoms with Gasteiger partial charge < -0.3 is 20.5 Å². The highest BCUT2D eigenvalue weighted by molar-refractivity contribution is 5.68. The highest BCUT2D eigenvalue weighted by atomic mass is 16.6. The number of carbonyl (C=O) groups excluding carboxylic acids is 1. The van der Waals surface area contributed by atoms with Gasteiger partial charge in [-0.3, -0.25) is 0 Å². The van der Waals surface area contributed by atoms with Crippen molar-refractivity contribution in [1.29, 1.82) is 0 Å². The van der Waals surface area contributed by atoms with Crippen LogP contribution in [0.5, 0.6) is 0 Å². The van der Waals surface area contributed by atoms with Gasteiger partial charge in [0.05, 0.1) is 0 Å². The van der Waals surface area contributed by atoms with E-state index in [1.54, 1.807) is 4.90 Å². The van der Waals surface area contributed by atoms with E-state index in [9.17, 15) is 4.79 Å². The van der Waals surface area contributed by atoms with Crippen LogP contribution in [0.25, 0.3) is 0 Å². The van der Waals surface area contributed by atoms with Gasteiger partial charge in [-0.15, -0.1) is 0 Å². The number of likely N-dealkylation sites (tertiary alicyclic amines) is 1. The van der Waals surface area contributed by atoms with Gasteiger partial charge in [-0.2, -0.15) is 0 Å². The minimum absolute atomic E-state index is 0.211. The van der Waals surface area contributed by atoms with Crippen molar-refractivity contribution in [3.8, 4) is 0 Å². The summed E-state index contributed by atoms with van der Waals surface area (Å²) in [4.78, 5) is 13.5. The molecule has 1 rings (SSSR count). The molecule has 1 atom stereocenters. The van der Waals surface area contributed by atoms with Gasteiger partial charge in [0.25, 0.3) is 0 Å². The predicted octanol–water partition coefficient (Wildman–Crippen LogP) is 1.34. The van der Waals surface area contributed by atoms with Gasteiger partial charge >= 0.3 is 6.09 Å². The fourth-order valence-corrected chi connectivity index (χ4v) is 1.63. The number of amides is 1. The molecule has 17 heavy (non-hydrogen) atoms. The second kappa shape index (κ2) is 7.50. The highest BCUT2D eigenvalue weighted by Gasteiger charge is 2.23. The molecule has 5 heteroatoms. The molecular formula is C12H26N2O3. The van der Waals surface area contributed by atoms with Crippen molar-refractivity contribution >= 4 is 6.09 Å². The molecule has 0 aromatic rings. The summed E-state index contributed by atoms with van der Waals surface area (Å²) in [5, 5.41) is 7.00. The highest BCUT2D eigenvalue weighted by Crippen LogP contribution is 2.14. The maximum Gasteiger partial charge on any atom is 0.410 e. The third-order valence-electron chi connectivity index (χ3n) is 2.42. The first-order chi connectivity index (χ1) is 7.88. The van der Waals surface area contributed by atoms with Gasteiger partial charge in [-0.25, -0.2) is 4.79 Å². The Balaban J connectivity index is 0.00000121. The van der Waals surface area contributed by atoms with Crippen LogP contribution in [-0.2, 0) is 4.74 Å². The molecule has 0 aromatic carbocycles. The first-order valence-electron chi connectivity index (χ1n) is 6.07. The van der Waals surface area contributed by atoms with Crippen LogP contribution in [0, 0.1) is 0 Å². The van der Waals surface area contributed by atoms with Crippen molar-refractivity contribution in [2.24, 2.45) is 5.73 Å². The lowest BCUT2D eigenvalue weighted by Gasteiger charge is -2.26. The van der Waals surface area contributed by atoms with Gasteiger partial charge in [-0.05, 0) is 40.0 Å². The molecule has 0 bridgehead atoms. The van der Waals surface area contributed by atoms with E-state index >= 15 is 0 Å². The summed E-state index contributed by atoms with van der Waals surface area (Å²) in [7, 11) is 1.00. The Morgan fingerprint density at radius 1 is 1.29 bits per heavy atom. The lowest BCUT2D eigenvalue weighted by atomic mass is 10.1. The third-order valence-corrected chi connectivity index (χ3v) is 2.42. The zero-order valence-corrected chi connectivity index (χ0v) is 11.4. The second-order valence-electron chi connectivity index (χ2n) is 5.16. The Morgan fingerprint density at radius 3 is 2.41 bits per heavy atom. The van der Waals surface area contributed by atoms with Crippen molar-refractivity contribution in [2.75, 3.05) is 20.2 Å². The van der Waals surface area contributed by atoms with Crippen molar-refractivity contribution in [2.45, 2.75) is 51.7 Å². The number of aliphatic hydroxyl groups excluding tert-OH is 1. The largest absolute Gasteiger partial charge is 0.444 e. The van der Waals surface area contributed by atoms with Crippen LogP contribution in [-0.4, -0.2) is 47.9 Å². The smallest absolute Gasteiger partial charge is 0.410 e. The van der Waals surface area contributed by atoms with Crippen molar-refractivity contribution in [1.82, 2.24) is 4.90 Å². The normalized spacial score (nSPS) is 21.1. The van der Waals surface area contributed by atoms with Crippen LogP contribution in [0.3, 0.4) is 0 Å². The van der Waals surface area contributed by atoms with Crippen molar-refractivity contribution in [3.05, 3.63) is 0 Å². The average molecular weight is 246 g/mol. The minimum atomic E-state index is -0.411. The van der Waals surface area contributed by atoms with E-state index in [4.69, 9.17) is 15.6 Å². The number of carbonyl (C=O) groups is 1. The maximum absolute atomic E-state index is 11.7. The zero-order chi connectivity index (χ0) is 13.5. The van der Waals surface area contributed by atoms with Gasteiger partial charge in [0.1, 0.15) is 5.60 Å². The molecule has 0 aliphatic carbocycles. The van der Waals surface area contributed by atoms with E-state index in [-0.39, 0.29) is 12.1 Å². The third kappa shape index (κ3) is 7.18. The van der Waals surface area contributed by atoms with E-state index in [1.807, 2.05) is 20.8 Å². The quantitative estimate of drug-likeness (QED) is 0.676. The molecule has 1 aliphatic rings. The number of hydrogen-bond donors (Lipinski definition) is 2. The van der Waals surface area contributed by atoms with E-state index in [2.05, 4.69) is 0 Å². The summed E-state index contributed by atoms with van der Waals surface area (Å²) < 4.78 is 5.31. The molecule has 1 fully saturated rings. The van der Waals surface area contributed by atoms with E-state index < -0.39 is 5.60 Å². The number of hydrogen-bond acceptors (Lipinski definition) is 4. The van der Waals surface area contributed by atoms with Gasteiger partial charge in [0.15, 0.2) is 0 Å². The van der Waals surface area contributed by atoms with Crippen molar-refractivity contribution in [3.63, 3.8) is 0 Å². The molecule has 3 N–H and O–H groups in total. The Bertz CT molecular complexity index is 226. The molecule has 1 heterocycles. The molecule has 0 spiro atoms. The van der Waals surface area contributed by atoms with Crippen LogP contribution in [0.2, 0.25) is 0 Å². The first kappa shape index (κ1) is 16.2. The van der Waals surface area contributed by atoms with Gasteiger partial charge in [-0.1, -0.05) is 0 Å². The molecule has 0 radical (unpaired) electrons. The fraction of sp³-hybridized carbons (Fsp3) is 0.917. The lowest BCUT2D eigenvalue weighted by Crippen LogP contribution is -2.37. The molecule has 5 nitrogen and oxygen atoms in total. The summed E-state index contributed by atoms with van der Waals surface area (Å²) in [6.07, 6.45) is 2.63. The van der Waals surface area contributed by atoms with Crippen LogP contribution in [0.15, 0.2) is 0 Å². The van der Waals surface area contributed by atoms with E-state index in [0.29, 0.717) is 0 Å². The standard InChI is InChI=1S/C11H22N2O2.CH4O/c1-11(2,3)15-10(14)13-7-4-5-9(12)6-8-13;1-2/h9H,4-8,12H2,1-3H3;2H,1H3. The maximum atomic E-state index is 11.7. The van der Waals surface area contributed by atoms with Crippen LogP contribution in [0.1, 0.15) is 40.0 Å². The summed E-state index contributed by atoms with van der Waals surface area (Å²) in [5.74, 6) is 0. The monoisotopic (exact) mass is 246 g/mol. The number of rotatable bonds is 0. The molecule has 102 valence electrons. The van der Waals surface area contributed by atoms with Gasteiger partial charge in [0.2, 0.25) is 0 Å². The summed E-state index contributed by atoms with van der Waals surface area (Å²) in [6.45, 7) is 7.13. The van der Waals surface area contributed by atoms with Crippen LogP contribution >= 0.6 is 0 Å². The van der Waals surface area contributed by atoms with E-state index in [1.165, 1.54) is 0 Å². The van der Waals surface area contributed by atoms with Crippen molar-refractivity contribution < 1.29 is 14.6 Å². The number of nitrogens with zero attached hydrogens (tertiary/aromatic N) is 1. The molecule has 1 saturated heterocycles. The molecule has 1 unspecified atom stereocenters. The molecule has 1 aliphatic heterocycles. The molecular weight excluding hydrogens is 220 g/mol.